The minimum absolute atomic E-state index is 0.0511. The van der Waals surface area contributed by atoms with Gasteiger partial charge in [-0.05, 0) is 24.3 Å². The van der Waals surface area contributed by atoms with E-state index in [1.54, 1.807) is 13.1 Å². The average Bonchev–Trinajstić information content (AvgIpc) is 2.42. The van der Waals surface area contributed by atoms with Crippen LogP contribution in [-0.2, 0) is 10.0 Å². The van der Waals surface area contributed by atoms with E-state index in [1.807, 2.05) is 0 Å². The molecule has 5 nitrogen and oxygen atoms in total. The molecular weight excluding hydrogens is 349 g/mol. The molecule has 0 spiro atoms. The Hall–Kier alpha value is -1.67. The zero-order valence-corrected chi connectivity index (χ0v) is 12.8. The summed E-state index contributed by atoms with van der Waals surface area (Å²) in [6.07, 6.45) is 2.66. The van der Waals surface area contributed by atoms with E-state index >= 15 is 0 Å². The fraction of sp³-hybridized carbons (Fsp3) is 0.0833. The maximum atomic E-state index is 13.7. The summed E-state index contributed by atoms with van der Waals surface area (Å²) >= 11 is 3.11. The highest BCUT2D eigenvalue weighted by Gasteiger charge is 2.20. The minimum atomic E-state index is -3.92. The van der Waals surface area contributed by atoms with Crippen LogP contribution >= 0.6 is 15.9 Å². The van der Waals surface area contributed by atoms with E-state index in [4.69, 9.17) is 0 Å². The normalized spacial score (nSPS) is 11.2. The molecule has 0 atom stereocenters. The Morgan fingerprint density at radius 3 is 2.65 bits per heavy atom. The number of anilines is 2. The molecule has 0 aliphatic heterocycles. The first-order chi connectivity index (χ1) is 9.44. The van der Waals surface area contributed by atoms with Gasteiger partial charge >= 0.3 is 0 Å². The van der Waals surface area contributed by atoms with E-state index < -0.39 is 15.8 Å². The number of aromatic nitrogens is 1. The van der Waals surface area contributed by atoms with Crippen LogP contribution in [-0.4, -0.2) is 20.4 Å². The van der Waals surface area contributed by atoms with Crippen LogP contribution in [0, 0.1) is 5.82 Å². The molecule has 0 saturated carbocycles. The summed E-state index contributed by atoms with van der Waals surface area (Å²) in [4.78, 5) is 3.73. The lowest BCUT2D eigenvalue weighted by Crippen LogP contribution is -2.16. The number of nitrogens with zero attached hydrogens (tertiary/aromatic N) is 1. The monoisotopic (exact) mass is 359 g/mol. The molecule has 0 radical (unpaired) electrons. The first-order valence-electron chi connectivity index (χ1n) is 5.53. The van der Waals surface area contributed by atoms with Crippen molar-refractivity contribution in [1.82, 2.24) is 4.98 Å². The number of nitrogens with one attached hydrogen (secondary N) is 2. The number of rotatable bonds is 4. The van der Waals surface area contributed by atoms with Gasteiger partial charge in [0.1, 0.15) is 10.7 Å². The summed E-state index contributed by atoms with van der Waals surface area (Å²) in [5.41, 5.74) is 0.254. The second-order valence-corrected chi connectivity index (χ2v) is 6.42. The van der Waals surface area contributed by atoms with Crippen LogP contribution in [0.3, 0.4) is 0 Å². The lowest BCUT2D eigenvalue weighted by atomic mass is 10.3. The van der Waals surface area contributed by atoms with Gasteiger partial charge in [0, 0.05) is 23.9 Å². The van der Waals surface area contributed by atoms with Gasteiger partial charge in [-0.2, -0.15) is 0 Å². The topological polar surface area (TPSA) is 71.1 Å². The van der Waals surface area contributed by atoms with Gasteiger partial charge in [-0.1, -0.05) is 15.9 Å². The molecule has 0 saturated heterocycles. The zero-order valence-electron chi connectivity index (χ0n) is 10.4. The Kier molecular flexibility index (Phi) is 4.24. The Bertz CT molecular complexity index is 737. The Morgan fingerprint density at radius 1 is 1.25 bits per heavy atom. The molecule has 0 aliphatic rings. The van der Waals surface area contributed by atoms with Gasteiger partial charge in [0.2, 0.25) is 0 Å². The van der Waals surface area contributed by atoms with Crippen molar-refractivity contribution in [2.75, 3.05) is 17.1 Å². The third-order valence-corrected chi connectivity index (χ3v) is 4.41. The fourth-order valence-corrected chi connectivity index (χ4v) is 3.13. The maximum absolute atomic E-state index is 13.7. The lowest BCUT2D eigenvalue weighted by Gasteiger charge is -2.12. The van der Waals surface area contributed by atoms with Crippen LogP contribution in [0.1, 0.15) is 0 Å². The molecule has 2 aromatic rings. The van der Waals surface area contributed by atoms with Gasteiger partial charge in [0.05, 0.1) is 11.4 Å². The van der Waals surface area contributed by atoms with Crippen LogP contribution in [0.5, 0.6) is 0 Å². The molecule has 1 aromatic heterocycles. The van der Waals surface area contributed by atoms with Crippen molar-refractivity contribution in [1.29, 1.82) is 0 Å². The highest BCUT2D eigenvalue weighted by Crippen LogP contribution is 2.25. The average molecular weight is 360 g/mol. The molecule has 20 heavy (non-hydrogen) atoms. The van der Waals surface area contributed by atoms with Crippen LogP contribution < -0.4 is 10.0 Å². The Balaban J connectivity index is 2.41. The molecule has 0 unspecified atom stereocenters. The van der Waals surface area contributed by atoms with E-state index in [-0.39, 0.29) is 10.6 Å². The summed E-state index contributed by atoms with van der Waals surface area (Å²) in [6, 6.07) is 5.59. The molecule has 1 aromatic carbocycles. The highest BCUT2D eigenvalue weighted by molar-refractivity contribution is 9.10. The number of halogens is 2. The third-order valence-electron chi connectivity index (χ3n) is 2.52. The summed E-state index contributed by atoms with van der Waals surface area (Å²) in [5, 5.41) is 2.75. The largest absolute Gasteiger partial charge is 0.387 e. The van der Waals surface area contributed by atoms with E-state index in [9.17, 15) is 12.8 Å². The quantitative estimate of drug-likeness (QED) is 0.880. The smallest absolute Gasteiger partial charge is 0.265 e. The SMILES string of the molecule is CNc1ccncc1S(=O)(=O)Nc1ccc(Br)cc1F. The fourth-order valence-electron chi connectivity index (χ4n) is 1.57. The molecule has 2 rings (SSSR count). The van der Waals surface area contributed by atoms with Gasteiger partial charge < -0.3 is 5.32 Å². The standard InChI is InChI=1S/C12H11BrFN3O2S/c1-15-11-4-5-16-7-12(11)20(18,19)17-10-3-2-8(13)6-9(10)14/h2-7,17H,1H3,(H,15,16). The highest BCUT2D eigenvalue weighted by atomic mass is 79.9. The van der Waals surface area contributed by atoms with Gasteiger partial charge in [0.25, 0.3) is 10.0 Å². The Labute approximate surface area is 124 Å². The van der Waals surface area contributed by atoms with Gasteiger partial charge in [-0.3, -0.25) is 9.71 Å². The van der Waals surface area contributed by atoms with Crippen molar-refractivity contribution in [3.63, 3.8) is 0 Å². The van der Waals surface area contributed by atoms with Crippen molar-refractivity contribution in [3.8, 4) is 0 Å². The van der Waals surface area contributed by atoms with Crippen LogP contribution in [0.15, 0.2) is 46.0 Å². The molecule has 0 bridgehead atoms. The van der Waals surface area contributed by atoms with Crippen molar-refractivity contribution in [2.24, 2.45) is 0 Å². The lowest BCUT2D eigenvalue weighted by molar-refractivity contribution is 0.598. The molecule has 0 fully saturated rings. The van der Waals surface area contributed by atoms with Gasteiger partial charge in [0.15, 0.2) is 0 Å². The Morgan fingerprint density at radius 2 is 2.00 bits per heavy atom. The van der Waals surface area contributed by atoms with Crippen LogP contribution in [0.2, 0.25) is 0 Å². The molecular formula is C12H11BrFN3O2S. The number of hydrogen-bond acceptors (Lipinski definition) is 4. The summed E-state index contributed by atoms with van der Waals surface area (Å²) in [7, 11) is -2.33. The van der Waals surface area contributed by atoms with Crippen LogP contribution in [0.4, 0.5) is 15.8 Å². The van der Waals surface area contributed by atoms with Crippen molar-refractivity contribution < 1.29 is 12.8 Å². The minimum Gasteiger partial charge on any atom is -0.387 e. The number of benzene rings is 1. The van der Waals surface area contributed by atoms with E-state index in [0.29, 0.717) is 10.2 Å². The summed E-state index contributed by atoms with van der Waals surface area (Å²) in [5.74, 6) is -0.669. The van der Waals surface area contributed by atoms with Crippen molar-refractivity contribution in [3.05, 3.63) is 46.9 Å². The van der Waals surface area contributed by atoms with Crippen molar-refractivity contribution in [2.45, 2.75) is 4.90 Å². The van der Waals surface area contributed by atoms with E-state index in [0.717, 1.165) is 0 Å². The third kappa shape index (κ3) is 3.07. The molecule has 1 heterocycles. The number of hydrogen-bond donors (Lipinski definition) is 2. The number of sulfonamides is 1. The summed E-state index contributed by atoms with van der Waals surface area (Å²) in [6.45, 7) is 0. The summed E-state index contributed by atoms with van der Waals surface area (Å²) < 4.78 is 40.9. The van der Waals surface area contributed by atoms with E-state index in [2.05, 4.69) is 31.0 Å². The number of pyridine rings is 1. The molecule has 106 valence electrons. The predicted molar refractivity (Wildman–Crippen MR) is 78.7 cm³/mol. The predicted octanol–water partition coefficient (Wildman–Crippen LogP) is 2.83. The maximum Gasteiger partial charge on any atom is 0.265 e. The van der Waals surface area contributed by atoms with E-state index in [1.165, 1.54) is 30.6 Å². The molecule has 0 amide bonds. The second-order valence-electron chi connectivity index (χ2n) is 3.85. The molecule has 0 aliphatic carbocycles. The van der Waals surface area contributed by atoms with Crippen molar-refractivity contribution >= 4 is 37.3 Å². The first kappa shape index (κ1) is 14.7. The zero-order chi connectivity index (χ0) is 14.8. The second kappa shape index (κ2) is 5.76. The molecule has 2 N–H and O–H groups in total. The first-order valence-corrected chi connectivity index (χ1v) is 7.81. The van der Waals surface area contributed by atoms with Gasteiger partial charge in [-0.25, -0.2) is 12.8 Å². The molecule has 8 heteroatoms. The van der Waals surface area contributed by atoms with Crippen LogP contribution in [0.25, 0.3) is 0 Å². The van der Waals surface area contributed by atoms with Gasteiger partial charge in [-0.15, -0.1) is 0 Å².